The maximum atomic E-state index is 13.0. The lowest BCUT2D eigenvalue weighted by Crippen LogP contribution is -2.48. The fourth-order valence-electron chi connectivity index (χ4n) is 4.07. The molecule has 0 saturated carbocycles. The molecule has 132 valence electrons. The fourth-order valence-corrected chi connectivity index (χ4v) is 4.07. The van der Waals surface area contributed by atoms with E-state index in [1.807, 2.05) is 29.3 Å². The molecule has 0 aliphatic carbocycles. The quantitative estimate of drug-likeness (QED) is 0.935. The summed E-state index contributed by atoms with van der Waals surface area (Å²) in [6.45, 7) is 4.39. The Bertz CT molecular complexity index is 789. The first kappa shape index (κ1) is 16.2. The van der Waals surface area contributed by atoms with Crippen molar-refractivity contribution in [1.82, 2.24) is 14.8 Å². The first-order valence-electron chi connectivity index (χ1n) is 9.26. The standard InChI is InChI=1S/C20H25N3O2/c1-14-8-10-22(11-9-14)20(25)18-6-7-19(24)23(18)13-15-12-21-17-5-3-2-4-16(15)17/h2-5,12,14,18,21H,6-11,13H2,1H3/t18-/m1/s1. The molecule has 2 amide bonds. The van der Waals surface area contributed by atoms with Crippen LogP contribution in [0.15, 0.2) is 30.5 Å². The Labute approximate surface area is 148 Å². The van der Waals surface area contributed by atoms with Gasteiger partial charge in [-0.15, -0.1) is 0 Å². The largest absolute Gasteiger partial charge is 0.361 e. The third-order valence-electron chi connectivity index (χ3n) is 5.72. The fraction of sp³-hybridized carbons (Fsp3) is 0.500. The van der Waals surface area contributed by atoms with E-state index in [-0.39, 0.29) is 17.9 Å². The summed E-state index contributed by atoms with van der Waals surface area (Å²) in [6, 6.07) is 7.79. The van der Waals surface area contributed by atoms with Gasteiger partial charge in [-0.1, -0.05) is 25.1 Å². The highest BCUT2D eigenvalue weighted by Crippen LogP contribution is 2.27. The Morgan fingerprint density at radius 3 is 2.76 bits per heavy atom. The molecule has 2 saturated heterocycles. The third kappa shape index (κ3) is 3.03. The Balaban J connectivity index is 1.53. The molecule has 2 aliphatic heterocycles. The van der Waals surface area contributed by atoms with Crippen LogP contribution >= 0.6 is 0 Å². The van der Waals surface area contributed by atoms with Crippen LogP contribution < -0.4 is 0 Å². The zero-order chi connectivity index (χ0) is 17.4. The smallest absolute Gasteiger partial charge is 0.245 e. The van der Waals surface area contributed by atoms with Gasteiger partial charge >= 0.3 is 0 Å². The van der Waals surface area contributed by atoms with Crippen LogP contribution in [-0.2, 0) is 16.1 Å². The lowest BCUT2D eigenvalue weighted by atomic mass is 9.98. The maximum Gasteiger partial charge on any atom is 0.245 e. The maximum absolute atomic E-state index is 13.0. The van der Waals surface area contributed by atoms with E-state index in [1.165, 1.54) is 0 Å². The number of nitrogens with zero attached hydrogens (tertiary/aromatic N) is 2. The molecular formula is C20H25N3O2. The monoisotopic (exact) mass is 339 g/mol. The number of hydrogen-bond acceptors (Lipinski definition) is 2. The number of fused-ring (bicyclic) bond motifs is 1. The Morgan fingerprint density at radius 1 is 1.20 bits per heavy atom. The van der Waals surface area contributed by atoms with Gasteiger partial charge in [-0.2, -0.15) is 0 Å². The Kier molecular flexibility index (Phi) is 4.24. The van der Waals surface area contributed by atoms with Crippen LogP contribution in [0.4, 0.5) is 0 Å². The highest BCUT2D eigenvalue weighted by molar-refractivity contribution is 5.91. The number of amides is 2. The Hall–Kier alpha value is -2.30. The SMILES string of the molecule is CC1CCN(C(=O)[C@H]2CCC(=O)N2Cc2c[nH]c3ccccc23)CC1. The van der Waals surface area contributed by atoms with E-state index in [0.29, 0.717) is 25.3 Å². The minimum atomic E-state index is -0.297. The summed E-state index contributed by atoms with van der Waals surface area (Å²) in [6.07, 6.45) is 5.21. The highest BCUT2D eigenvalue weighted by atomic mass is 16.2. The topological polar surface area (TPSA) is 56.4 Å². The molecule has 25 heavy (non-hydrogen) atoms. The summed E-state index contributed by atoms with van der Waals surface area (Å²) in [4.78, 5) is 32.4. The van der Waals surface area contributed by atoms with Crippen molar-refractivity contribution in [2.45, 2.75) is 45.2 Å². The number of aromatic amines is 1. The van der Waals surface area contributed by atoms with Gasteiger partial charge < -0.3 is 14.8 Å². The van der Waals surface area contributed by atoms with Crippen molar-refractivity contribution in [2.75, 3.05) is 13.1 Å². The molecule has 1 N–H and O–H groups in total. The van der Waals surface area contributed by atoms with Gasteiger partial charge in [-0.25, -0.2) is 0 Å². The van der Waals surface area contributed by atoms with Crippen molar-refractivity contribution < 1.29 is 9.59 Å². The van der Waals surface area contributed by atoms with Gasteiger partial charge in [0.05, 0.1) is 0 Å². The lowest BCUT2D eigenvalue weighted by molar-refractivity contribution is -0.142. The summed E-state index contributed by atoms with van der Waals surface area (Å²) in [7, 11) is 0. The minimum absolute atomic E-state index is 0.0917. The van der Waals surface area contributed by atoms with Crippen molar-refractivity contribution >= 4 is 22.7 Å². The molecule has 1 atom stereocenters. The molecule has 3 heterocycles. The van der Waals surface area contributed by atoms with Crippen LogP contribution in [0.1, 0.15) is 38.2 Å². The van der Waals surface area contributed by atoms with Crippen molar-refractivity contribution in [3.8, 4) is 0 Å². The molecule has 1 aromatic heterocycles. The van der Waals surface area contributed by atoms with Crippen LogP contribution in [-0.4, -0.2) is 45.7 Å². The summed E-state index contributed by atoms with van der Waals surface area (Å²) in [5.74, 6) is 0.920. The summed E-state index contributed by atoms with van der Waals surface area (Å²) < 4.78 is 0. The van der Waals surface area contributed by atoms with Gasteiger partial charge in [0.25, 0.3) is 0 Å². The third-order valence-corrected chi connectivity index (χ3v) is 5.72. The van der Waals surface area contributed by atoms with Gasteiger partial charge in [0.2, 0.25) is 11.8 Å². The van der Waals surface area contributed by atoms with E-state index in [1.54, 1.807) is 4.90 Å². The molecule has 5 nitrogen and oxygen atoms in total. The normalized spacial score (nSPS) is 22.1. The van der Waals surface area contributed by atoms with Gasteiger partial charge in [-0.05, 0) is 36.8 Å². The average molecular weight is 339 g/mol. The van der Waals surface area contributed by atoms with Crippen molar-refractivity contribution in [3.05, 3.63) is 36.0 Å². The van der Waals surface area contributed by atoms with Gasteiger partial charge in [0, 0.05) is 43.2 Å². The molecule has 2 aliphatic rings. The van der Waals surface area contributed by atoms with Gasteiger partial charge in [-0.3, -0.25) is 9.59 Å². The van der Waals surface area contributed by atoms with E-state index in [4.69, 9.17) is 0 Å². The number of hydrogen-bond donors (Lipinski definition) is 1. The van der Waals surface area contributed by atoms with E-state index >= 15 is 0 Å². The Morgan fingerprint density at radius 2 is 1.96 bits per heavy atom. The number of piperidine rings is 1. The van der Waals surface area contributed by atoms with Crippen LogP contribution in [0.3, 0.4) is 0 Å². The van der Waals surface area contributed by atoms with E-state index < -0.39 is 0 Å². The summed E-state index contributed by atoms with van der Waals surface area (Å²) >= 11 is 0. The van der Waals surface area contributed by atoms with Gasteiger partial charge in [0.1, 0.15) is 6.04 Å². The highest BCUT2D eigenvalue weighted by Gasteiger charge is 2.38. The molecule has 4 rings (SSSR count). The average Bonchev–Trinajstić information content (AvgIpc) is 3.20. The number of para-hydroxylation sites is 1. The zero-order valence-corrected chi connectivity index (χ0v) is 14.7. The molecule has 1 aromatic carbocycles. The van der Waals surface area contributed by atoms with Crippen molar-refractivity contribution in [2.24, 2.45) is 5.92 Å². The first-order valence-corrected chi connectivity index (χ1v) is 9.26. The second kappa shape index (κ2) is 6.54. The molecule has 0 spiro atoms. The number of carbonyl (C=O) groups excluding carboxylic acids is 2. The van der Waals surface area contributed by atoms with Crippen molar-refractivity contribution in [3.63, 3.8) is 0 Å². The van der Waals surface area contributed by atoms with Crippen LogP contribution in [0.5, 0.6) is 0 Å². The molecule has 2 aromatic rings. The second-order valence-electron chi connectivity index (χ2n) is 7.44. The van der Waals surface area contributed by atoms with Crippen molar-refractivity contribution in [1.29, 1.82) is 0 Å². The van der Waals surface area contributed by atoms with Gasteiger partial charge in [0.15, 0.2) is 0 Å². The first-order chi connectivity index (χ1) is 12.1. The van der Waals surface area contributed by atoms with E-state index in [0.717, 1.165) is 42.4 Å². The van der Waals surface area contributed by atoms with E-state index in [9.17, 15) is 9.59 Å². The minimum Gasteiger partial charge on any atom is -0.361 e. The summed E-state index contributed by atoms with van der Waals surface area (Å²) in [5, 5.41) is 1.13. The molecule has 2 fully saturated rings. The number of benzene rings is 1. The molecule has 0 unspecified atom stereocenters. The lowest BCUT2D eigenvalue weighted by Gasteiger charge is -2.34. The predicted octanol–water partition coefficient (Wildman–Crippen LogP) is 2.92. The van der Waals surface area contributed by atoms with Crippen LogP contribution in [0, 0.1) is 5.92 Å². The number of aromatic nitrogens is 1. The predicted molar refractivity (Wildman–Crippen MR) is 96.8 cm³/mol. The number of likely N-dealkylation sites (tertiary alicyclic amines) is 2. The number of carbonyl (C=O) groups is 2. The second-order valence-corrected chi connectivity index (χ2v) is 7.44. The molecule has 0 radical (unpaired) electrons. The zero-order valence-electron chi connectivity index (χ0n) is 14.7. The number of H-pyrrole nitrogens is 1. The van der Waals surface area contributed by atoms with E-state index in [2.05, 4.69) is 18.0 Å². The molecular weight excluding hydrogens is 314 g/mol. The summed E-state index contributed by atoms with van der Waals surface area (Å²) in [5.41, 5.74) is 2.15. The van der Waals surface area contributed by atoms with Crippen LogP contribution in [0.25, 0.3) is 10.9 Å². The number of nitrogens with one attached hydrogen (secondary N) is 1. The van der Waals surface area contributed by atoms with Crippen LogP contribution in [0.2, 0.25) is 0 Å². The number of rotatable bonds is 3. The molecule has 5 heteroatoms. The molecule has 0 bridgehead atoms.